The second-order valence-electron chi connectivity index (χ2n) is 8.37. The first-order chi connectivity index (χ1) is 17.0. The Kier molecular flexibility index (Phi) is 7.80. The van der Waals surface area contributed by atoms with Crippen LogP contribution in [-0.2, 0) is 4.74 Å². The van der Waals surface area contributed by atoms with Gasteiger partial charge in [-0.2, -0.15) is 0 Å². The Bertz CT molecular complexity index is 1380. The van der Waals surface area contributed by atoms with Gasteiger partial charge in [-0.3, -0.25) is 4.79 Å². The number of carbonyl (C=O) groups is 2. The van der Waals surface area contributed by atoms with Gasteiger partial charge in [0.25, 0.3) is 5.91 Å². The van der Waals surface area contributed by atoms with Crippen molar-refractivity contribution in [3.63, 3.8) is 0 Å². The zero-order valence-electron chi connectivity index (χ0n) is 20.2. The number of anilines is 1. The lowest BCUT2D eigenvalue weighted by molar-refractivity contribution is 0.0529. The number of amides is 1. The van der Waals surface area contributed by atoms with Gasteiger partial charge in [-0.25, -0.2) is 14.8 Å². The van der Waals surface area contributed by atoms with Crippen molar-refractivity contribution < 1.29 is 14.3 Å². The topological polar surface area (TPSA) is 86.1 Å². The van der Waals surface area contributed by atoms with Crippen molar-refractivity contribution in [2.24, 2.45) is 0 Å². The average molecular weight is 537 g/mol. The molecule has 35 heavy (non-hydrogen) atoms. The van der Waals surface area contributed by atoms with Gasteiger partial charge in [0.2, 0.25) is 0 Å². The van der Waals surface area contributed by atoms with E-state index in [4.69, 9.17) is 14.7 Å². The molecule has 0 fully saturated rings. The second kappa shape index (κ2) is 11.0. The summed E-state index contributed by atoms with van der Waals surface area (Å²) >= 11 is 3.43. The first kappa shape index (κ1) is 24.9. The molecule has 0 aliphatic rings. The molecule has 0 unspecified atom stereocenters. The van der Waals surface area contributed by atoms with Crippen molar-refractivity contribution in [3.8, 4) is 0 Å². The zero-order chi connectivity index (χ0) is 24.9. The molecule has 2 aromatic heterocycles. The summed E-state index contributed by atoms with van der Waals surface area (Å²) in [5.41, 5.74) is 3.11. The van der Waals surface area contributed by atoms with Crippen LogP contribution in [-0.4, -0.2) is 33.0 Å². The fourth-order valence-electron chi connectivity index (χ4n) is 4.30. The third-order valence-electron chi connectivity index (χ3n) is 6.02. The number of ether oxygens (including phenoxy) is 1. The van der Waals surface area contributed by atoms with Crippen molar-refractivity contribution in [2.75, 3.05) is 11.9 Å². The number of hydrogen-bond donors (Lipinski definition) is 1. The quantitative estimate of drug-likeness (QED) is 0.234. The van der Waals surface area contributed by atoms with Gasteiger partial charge in [-0.05, 0) is 50.1 Å². The van der Waals surface area contributed by atoms with Crippen LogP contribution in [0.3, 0.4) is 0 Å². The Balaban J connectivity index is 1.99. The lowest BCUT2D eigenvalue weighted by Crippen LogP contribution is -2.20. The van der Waals surface area contributed by atoms with E-state index in [2.05, 4.69) is 35.1 Å². The van der Waals surface area contributed by atoms with Crippen molar-refractivity contribution >= 4 is 55.8 Å². The van der Waals surface area contributed by atoms with Gasteiger partial charge in [0.05, 0.1) is 17.6 Å². The third kappa shape index (κ3) is 5.07. The Hall–Kier alpha value is -3.26. The highest BCUT2D eigenvalue weighted by Crippen LogP contribution is 2.36. The molecule has 0 saturated heterocycles. The highest BCUT2D eigenvalue weighted by atomic mass is 79.9. The average Bonchev–Trinajstić information content (AvgIpc) is 3.15. The molecule has 0 bridgehead atoms. The first-order valence-corrected chi connectivity index (χ1v) is 12.8. The van der Waals surface area contributed by atoms with Crippen LogP contribution in [0, 0.1) is 0 Å². The maximum absolute atomic E-state index is 13.3. The number of rotatable bonds is 9. The van der Waals surface area contributed by atoms with E-state index < -0.39 is 5.97 Å². The highest BCUT2D eigenvalue weighted by molar-refractivity contribution is 9.10. The van der Waals surface area contributed by atoms with Crippen LogP contribution in [0.2, 0.25) is 0 Å². The van der Waals surface area contributed by atoms with Crippen LogP contribution in [0.5, 0.6) is 0 Å². The molecular weight excluding hydrogens is 508 g/mol. The Labute approximate surface area is 213 Å². The molecule has 0 spiro atoms. The van der Waals surface area contributed by atoms with Crippen molar-refractivity contribution in [1.29, 1.82) is 0 Å². The number of fused-ring (bicyclic) bond motifs is 2. The van der Waals surface area contributed by atoms with Crippen molar-refractivity contribution in [3.05, 3.63) is 64.1 Å². The number of nitrogens with one attached hydrogen (secondary N) is 1. The summed E-state index contributed by atoms with van der Waals surface area (Å²) in [4.78, 5) is 36.3. The third-order valence-corrected chi connectivity index (χ3v) is 6.51. The SMILES string of the molecule is CCCC[C@H](CC)n1c(NC(=O)c2cccc(Br)c2)c(C(=O)OCC)c2nc3ccccc3nc21. The largest absolute Gasteiger partial charge is 0.462 e. The van der Waals surface area contributed by atoms with E-state index in [0.29, 0.717) is 28.1 Å². The van der Waals surface area contributed by atoms with Crippen LogP contribution < -0.4 is 5.32 Å². The van der Waals surface area contributed by atoms with Crippen LogP contribution in [0.25, 0.3) is 22.2 Å². The number of aromatic nitrogens is 3. The summed E-state index contributed by atoms with van der Waals surface area (Å²) in [6.07, 6.45) is 3.73. The van der Waals surface area contributed by atoms with E-state index in [9.17, 15) is 9.59 Å². The summed E-state index contributed by atoms with van der Waals surface area (Å²) in [5.74, 6) is -0.479. The van der Waals surface area contributed by atoms with Gasteiger partial charge in [-0.1, -0.05) is 60.8 Å². The molecule has 4 rings (SSSR count). The molecule has 7 nitrogen and oxygen atoms in total. The fourth-order valence-corrected chi connectivity index (χ4v) is 4.70. The molecule has 4 aromatic rings. The van der Waals surface area contributed by atoms with Gasteiger partial charge in [0.1, 0.15) is 16.9 Å². The smallest absolute Gasteiger partial charge is 0.344 e. The summed E-state index contributed by atoms with van der Waals surface area (Å²) in [6, 6.07) is 14.7. The fraction of sp³-hybridized carbons (Fsp3) is 0.333. The minimum absolute atomic E-state index is 0.0221. The monoisotopic (exact) mass is 536 g/mol. The molecule has 2 heterocycles. The number of halogens is 1. The molecule has 0 saturated carbocycles. The lowest BCUT2D eigenvalue weighted by atomic mass is 10.1. The number of nitrogens with zero attached hydrogens (tertiary/aromatic N) is 3. The van der Waals surface area contributed by atoms with Crippen molar-refractivity contribution in [2.45, 2.75) is 52.5 Å². The second-order valence-corrected chi connectivity index (χ2v) is 9.28. The highest BCUT2D eigenvalue weighted by Gasteiger charge is 2.30. The predicted molar refractivity (Wildman–Crippen MR) is 142 cm³/mol. The van der Waals surface area contributed by atoms with Crippen molar-refractivity contribution in [1.82, 2.24) is 14.5 Å². The number of carbonyl (C=O) groups excluding carboxylic acids is 2. The van der Waals surface area contributed by atoms with Crippen LogP contribution in [0.1, 0.15) is 73.2 Å². The Morgan fingerprint density at radius 2 is 1.80 bits per heavy atom. The standard InChI is InChI=1S/C27H29BrN4O3/c1-4-7-13-19(5-2)32-24(31-26(33)17-11-10-12-18(28)16-17)22(27(34)35-6-3)23-25(32)30-21-15-9-8-14-20(21)29-23/h8-12,14-16,19H,4-7,13H2,1-3H3,(H,31,33)/t19-/m0/s1. The maximum Gasteiger partial charge on any atom is 0.344 e. The van der Waals surface area contributed by atoms with E-state index in [1.54, 1.807) is 25.1 Å². The zero-order valence-corrected chi connectivity index (χ0v) is 21.8. The predicted octanol–water partition coefficient (Wildman–Crippen LogP) is 6.92. The molecule has 1 atom stereocenters. The molecule has 1 amide bonds. The lowest BCUT2D eigenvalue weighted by Gasteiger charge is -2.21. The number of para-hydroxylation sites is 2. The molecule has 8 heteroatoms. The molecule has 0 aliphatic carbocycles. The molecule has 1 N–H and O–H groups in total. The molecule has 2 aromatic carbocycles. The van der Waals surface area contributed by atoms with Gasteiger partial charge in [0.15, 0.2) is 5.65 Å². The molecule has 0 aliphatic heterocycles. The number of hydrogen-bond acceptors (Lipinski definition) is 5. The maximum atomic E-state index is 13.3. The van der Waals surface area contributed by atoms with E-state index in [1.807, 2.05) is 34.9 Å². The Morgan fingerprint density at radius 1 is 1.06 bits per heavy atom. The van der Waals surface area contributed by atoms with Gasteiger partial charge in [-0.15, -0.1) is 0 Å². The first-order valence-electron chi connectivity index (χ1n) is 12.0. The molecule has 182 valence electrons. The normalized spacial score (nSPS) is 12.1. The Morgan fingerprint density at radius 3 is 2.46 bits per heavy atom. The van der Waals surface area contributed by atoms with E-state index in [0.717, 1.165) is 35.7 Å². The minimum Gasteiger partial charge on any atom is -0.462 e. The molecule has 0 radical (unpaired) electrons. The van der Waals surface area contributed by atoms with Gasteiger partial charge >= 0.3 is 5.97 Å². The number of unbranched alkanes of at least 4 members (excludes halogenated alkanes) is 1. The van der Waals surface area contributed by atoms with Gasteiger partial charge in [0, 0.05) is 16.1 Å². The van der Waals surface area contributed by atoms with E-state index >= 15 is 0 Å². The van der Waals surface area contributed by atoms with Gasteiger partial charge < -0.3 is 14.6 Å². The number of esters is 1. The summed E-state index contributed by atoms with van der Waals surface area (Å²) in [5, 5.41) is 3.02. The molecular formula is C27H29BrN4O3. The minimum atomic E-state index is -0.532. The van der Waals surface area contributed by atoms with E-state index in [1.165, 1.54) is 0 Å². The summed E-state index contributed by atoms with van der Waals surface area (Å²) in [6.45, 7) is 6.21. The van der Waals surface area contributed by atoms with Crippen LogP contribution in [0.4, 0.5) is 5.82 Å². The summed E-state index contributed by atoms with van der Waals surface area (Å²) in [7, 11) is 0. The van der Waals surface area contributed by atoms with Crippen LogP contribution in [0.15, 0.2) is 53.0 Å². The summed E-state index contributed by atoms with van der Waals surface area (Å²) < 4.78 is 8.19. The van der Waals surface area contributed by atoms with Crippen LogP contribution >= 0.6 is 15.9 Å². The number of benzene rings is 2. The van der Waals surface area contributed by atoms with E-state index in [-0.39, 0.29) is 24.1 Å².